The van der Waals surface area contributed by atoms with Gasteiger partial charge in [0.2, 0.25) is 5.91 Å². The van der Waals surface area contributed by atoms with Crippen LogP contribution in [0.3, 0.4) is 0 Å². The second kappa shape index (κ2) is 7.98. The summed E-state index contributed by atoms with van der Waals surface area (Å²) in [6.07, 6.45) is 0.207. The molecular formula is C22H20N2O6. The Balaban J connectivity index is 1.32. The number of hydrogen-bond acceptors (Lipinski definition) is 6. The molecule has 2 heterocycles. The molecule has 0 aliphatic carbocycles. The van der Waals surface area contributed by atoms with Gasteiger partial charge in [-0.15, -0.1) is 0 Å². The summed E-state index contributed by atoms with van der Waals surface area (Å²) < 4.78 is 10.5. The predicted octanol–water partition coefficient (Wildman–Crippen LogP) is 1.75. The Hall–Kier alpha value is -3.68. The lowest BCUT2D eigenvalue weighted by atomic mass is 10.1. The number of fused-ring (bicyclic) bond motifs is 2. The molecule has 0 N–H and O–H groups in total. The lowest BCUT2D eigenvalue weighted by molar-refractivity contribution is -0.142. The van der Waals surface area contributed by atoms with Crippen molar-refractivity contribution >= 4 is 34.9 Å². The molecule has 0 aromatic heterocycles. The molecule has 30 heavy (non-hydrogen) atoms. The normalized spacial score (nSPS) is 14.8. The summed E-state index contributed by atoms with van der Waals surface area (Å²) in [7, 11) is 1.69. The number of anilines is 2. The Kier molecular flexibility index (Phi) is 5.22. The number of likely N-dealkylation sites (N-methyl/N-ethyl adjacent to an activating group) is 1. The molecule has 2 aromatic carbocycles. The van der Waals surface area contributed by atoms with E-state index in [0.717, 1.165) is 11.3 Å². The van der Waals surface area contributed by atoms with Gasteiger partial charge in [-0.2, -0.15) is 0 Å². The fourth-order valence-corrected chi connectivity index (χ4v) is 3.55. The largest absolute Gasteiger partial charge is 0.482 e. The first-order valence-electron chi connectivity index (χ1n) is 9.54. The molecule has 4 rings (SSSR count). The van der Waals surface area contributed by atoms with E-state index in [4.69, 9.17) is 9.47 Å². The highest BCUT2D eigenvalue weighted by molar-refractivity contribution is 6.04. The first-order chi connectivity index (χ1) is 14.4. The summed E-state index contributed by atoms with van der Waals surface area (Å²) in [6, 6.07) is 12.1. The number of benzene rings is 2. The van der Waals surface area contributed by atoms with Crippen LogP contribution >= 0.6 is 0 Å². The zero-order valence-electron chi connectivity index (χ0n) is 16.4. The lowest BCUT2D eigenvalue weighted by Crippen LogP contribution is -2.40. The zero-order chi connectivity index (χ0) is 21.3. The minimum atomic E-state index is -0.573. The first kappa shape index (κ1) is 19.6. The van der Waals surface area contributed by atoms with Crippen molar-refractivity contribution in [2.45, 2.75) is 12.8 Å². The molecule has 8 nitrogen and oxygen atoms in total. The van der Waals surface area contributed by atoms with Gasteiger partial charge in [-0.1, -0.05) is 12.1 Å². The molecule has 0 saturated heterocycles. The number of carbonyl (C=O) groups excluding carboxylic acids is 4. The number of amides is 2. The second-order valence-electron chi connectivity index (χ2n) is 7.11. The highest BCUT2D eigenvalue weighted by Gasteiger charge is 2.27. The van der Waals surface area contributed by atoms with E-state index in [1.807, 2.05) is 0 Å². The Labute approximate surface area is 173 Å². The standard InChI is InChI=1S/C22H20N2O6/c1-23-16-7-6-14(10-15(16)11-20(23)26)18(25)12-30-22(28)8-9-24-17-4-2-3-5-19(17)29-13-21(24)27/h2-7,10H,8-9,11-13H2,1H3. The maximum absolute atomic E-state index is 12.4. The van der Waals surface area contributed by atoms with Crippen molar-refractivity contribution in [1.82, 2.24) is 0 Å². The van der Waals surface area contributed by atoms with Crippen LogP contribution in [0.15, 0.2) is 42.5 Å². The highest BCUT2D eigenvalue weighted by Crippen LogP contribution is 2.31. The minimum Gasteiger partial charge on any atom is -0.482 e. The molecule has 0 spiro atoms. The summed E-state index contributed by atoms with van der Waals surface area (Å²) in [6.45, 7) is -0.338. The fraction of sp³-hybridized carbons (Fsp3) is 0.273. The number of Topliss-reactive ketones (excluding diaryl/α,β-unsaturated/α-hetero) is 1. The van der Waals surface area contributed by atoms with Crippen molar-refractivity contribution in [3.05, 3.63) is 53.6 Å². The van der Waals surface area contributed by atoms with Crippen molar-refractivity contribution in [2.24, 2.45) is 0 Å². The van der Waals surface area contributed by atoms with E-state index < -0.39 is 12.6 Å². The SMILES string of the molecule is CN1C(=O)Cc2cc(C(=O)COC(=O)CCN3C(=O)COc4ccccc43)ccc21. The number of hydrogen-bond donors (Lipinski definition) is 0. The van der Waals surface area contributed by atoms with Crippen LogP contribution in [0.5, 0.6) is 5.75 Å². The second-order valence-corrected chi connectivity index (χ2v) is 7.11. The molecule has 0 bridgehead atoms. The van der Waals surface area contributed by atoms with Crippen LogP contribution in [0, 0.1) is 0 Å². The van der Waals surface area contributed by atoms with Gasteiger partial charge in [-0.05, 0) is 35.9 Å². The number of carbonyl (C=O) groups is 4. The third kappa shape index (κ3) is 3.76. The smallest absolute Gasteiger partial charge is 0.308 e. The molecule has 2 amide bonds. The van der Waals surface area contributed by atoms with Crippen molar-refractivity contribution in [2.75, 3.05) is 36.6 Å². The predicted molar refractivity (Wildman–Crippen MR) is 108 cm³/mol. The van der Waals surface area contributed by atoms with Crippen LogP contribution in [-0.4, -0.2) is 50.4 Å². The quantitative estimate of drug-likeness (QED) is 0.534. The molecule has 2 aliphatic rings. The third-order valence-electron chi connectivity index (χ3n) is 5.19. The van der Waals surface area contributed by atoms with Gasteiger partial charge < -0.3 is 19.3 Å². The summed E-state index contributed by atoms with van der Waals surface area (Å²) in [5.74, 6) is -0.603. The Morgan fingerprint density at radius 3 is 2.70 bits per heavy atom. The molecule has 0 fully saturated rings. The van der Waals surface area contributed by atoms with Gasteiger partial charge in [-0.3, -0.25) is 19.2 Å². The molecular weight excluding hydrogens is 388 g/mol. The summed E-state index contributed by atoms with van der Waals surface area (Å²) in [4.78, 5) is 51.4. The van der Waals surface area contributed by atoms with E-state index in [1.165, 1.54) is 4.90 Å². The molecule has 2 aliphatic heterocycles. The molecule has 0 saturated carbocycles. The van der Waals surface area contributed by atoms with Crippen molar-refractivity contribution in [1.29, 1.82) is 0 Å². The van der Waals surface area contributed by atoms with Crippen molar-refractivity contribution in [3.8, 4) is 5.75 Å². The Bertz CT molecular complexity index is 1050. The van der Waals surface area contributed by atoms with Crippen LogP contribution in [-0.2, 0) is 25.5 Å². The first-order valence-corrected chi connectivity index (χ1v) is 9.54. The lowest BCUT2D eigenvalue weighted by Gasteiger charge is -2.28. The summed E-state index contributed by atoms with van der Waals surface area (Å²) >= 11 is 0. The van der Waals surface area contributed by atoms with E-state index in [0.29, 0.717) is 17.0 Å². The Morgan fingerprint density at radius 2 is 1.87 bits per heavy atom. The van der Waals surface area contributed by atoms with Crippen molar-refractivity contribution < 1.29 is 28.7 Å². The number of ether oxygens (including phenoxy) is 2. The summed E-state index contributed by atoms with van der Waals surface area (Å²) in [5, 5.41) is 0. The monoisotopic (exact) mass is 408 g/mol. The summed E-state index contributed by atoms with van der Waals surface area (Å²) in [5.41, 5.74) is 2.56. The third-order valence-corrected chi connectivity index (χ3v) is 5.19. The van der Waals surface area contributed by atoms with Gasteiger partial charge >= 0.3 is 5.97 Å². The minimum absolute atomic E-state index is 0.0275. The zero-order valence-corrected chi connectivity index (χ0v) is 16.4. The van der Waals surface area contributed by atoms with Gasteiger partial charge in [0, 0.05) is 24.8 Å². The maximum atomic E-state index is 12.4. The van der Waals surface area contributed by atoms with Crippen LogP contribution in [0.25, 0.3) is 0 Å². The van der Waals surface area contributed by atoms with Gasteiger partial charge in [0.15, 0.2) is 19.0 Å². The Morgan fingerprint density at radius 1 is 1.07 bits per heavy atom. The maximum Gasteiger partial charge on any atom is 0.308 e. The topological polar surface area (TPSA) is 93.2 Å². The van der Waals surface area contributed by atoms with Gasteiger partial charge in [0.1, 0.15) is 5.75 Å². The fourth-order valence-electron chi connectivity index (χ4n) is 3.55. The van der Waals surface area contributed by atoms with Crippen LogP contribution in [0.1, 0.15) is 22.3 Å². The number of nitrogens with zero attached hydrogens (tertiary/aromatic N) is 2. The average molecular weight is 408 g/mol. The number of ketones is 1. The van der Waals surface area contributed by atoms with E-state index >= 15 is 0 Å². The molecule has 8 heteroatoms. The molecule has 2 aromatic rings. The van der Waals surface area contributed by atoms with Crippen LogP contribution in [0.2, 0.25) is 0 Å². The van der Waals surface area contributed by atoms with Crippen LogP contribution < -0.4 is 14.5 Å². The highest BCUT2D eigenvalue weighted by atomic mass is 16.5. The number of esters is 1. The van der Waals surface area contributed by atoms with E-state index in [2.05, 4.69) is 0 Å². The average Bonchev–Trinajstić information content (AvgIpc) is 3.04. The van der Waals surface area contributed by atoms with Crippen molar-refractivity contribution in [3.63, 3.8) is 0 Å². The van der Waals surface area contributed by atoms with E-state index in [9.17, 15) is 19.2 Å². The molecule has 0 radical (unpaired) electrons. The number of para-hydroxylation sites is 2. The van der Waals surface area contributed by atoms with Gasteiger partial charge in [0.05, 0.1) is 18.5 Å². The number of rotatable bonds is 6. The molecule has 0 atom stereocenters. The van der Waals surface area contributed by atoms with Gasteiger partial charge in [0.25, 0.3) is 5.91 Å². The van der Waals surface area contributed by atoms with Crippen LogP contribution in [0.4, 0.5) is 11.4 Å². The molecule has 154 valence electrons. The van der Waals surface area contributed by atoms with E-state index in [1.54, 1.807) is 54.4 Å². The van der Waals surface area contributed by atoms with Gasteiger partial charge in [-0.25, -0.2) is 0 Å². The molecule has 0 unspecified atom stereocenters. The van der Waals surface area contributed by atoms with E-state index in [-0.39, 0.29) is 43.6 Å².